The average Bonchev–Trinajstić information content (AvgIpc) is 3.35. The third kappa shape index (κ3) is 5.72. The van der Waals surface area contributed by atoms with Crippen molar-refractivity contribution in [1.82, 2.24) is 25.2 Å². The molecule has 1 aromatic carbocycles. The highest BCUT2D eigenvalue weighted by Crippen LogP contribution is 2.32. The molecule has 0 radical (unpaired) electrons. The minimum atomic E-state index is -0.504. The number of benzene rings is 1. The summed E-state index contributed by atoms with van der Waals surface area (Å²) in [5.41, 5.74) is 9.53. The predicted molar refractivity (Wildman–Crippen MR) is 143 cm³/mol. The molecule has 11 nitrogen and oxygen atoms in total. The second-order valence-electron chi connectivity index (χ2n) is 9.11. The first-order chi connectivity index (χ1) is 18.4. The topological polar surface area (TPSA) is 143 Å². The predicted octanol–water partition coefficient (Wildman–Crippen LogP) is 2.46. The molecule has 11 heteroatoms. The maximum atomic E-state index is 13.1. The van der Waals surface area contributed by atoms with Crippen molar-refractivity contribution in [3.63, 3.8) is 0 Å². The minimum absolute atomic E-state index is 0.0404. The first-order valence-electron chi connectivity index (χ1n) is 12.8. The van der Waals surface area contributed by atoms with E-state index in [1.165, 1.54) is 9.96 Å². The molecule has 200 valence electrons. The lowest BCUT2D eigenvalue weighted by Crippen LogP contribution is -2.45. The summed E-state index contributed by atoms with van der Waals surface area (Å²) >= 11 is 0. The molecule has 1 saturated heterocycles. The van der Waals surface area contributed by atoms with Crippen molar-refractivity contribution in [1.29, 1.82) is 0 Å². The van der Waals surface area contributed by atoms with E-state index in [9.17, 15) is 14.4 Å². The highest BCUT2D eigenvalue weighted by molar-refractivity contribution is 6.05. The molecule has 1 atom stereocenters. The molecule has 38 heavy (non-hydrogen) atoms. The summed E-state index contributed by atoms with van der Waals surface area (Å²) < 4.78 is 0. The van der Waals surface area contributed by atoms with E-state index in [2.05, 4.69) is 20.3 Å². The van der Waals surface area contributed by atoms with Crippen LogP contribution in [0.5, 0.6) is 0 Å². The van der Waals surface area contributed by atoms with Gasteiger partial charge in [-0.15, -0.1) is 0 Å². The minimum Gasteiger partial charge on any atom is -0.387 e. The van der Waals surface area contributed by atoms with Gasteiger partial charge < -0.3 is 16.0 Å². The summed E-state index contributed by atoms with van der Waals surface area (Å²) in [7, 11) is 1.56. The molecule has 4 rings (SSSR count). The summed E-state index contributed by atoms with van der Waals surface area (Å²) in [6.45, 7) is 5.18. The number of aromatic nitrogens is 2. The molecule has 0 aliphatic carbocycles. The maximum absolute atomic E-state index is 13.1. The van der Waals surface area contributed by atoms with Crippen molar-refractivity contribution < 1.29 is 19.2 Å². The number of aliphatic imine (C=N–C) groups is 1. The summed E-state index contributed by atoms with van der Waals surface area (Å²) in [6, 6.07) is 5.09. The van der Waals surface area contributed by atoms with Gasteiger partial charge in [-0.05, 0) is 43.9 Å². The second-order valence-corrected chi connectivity index (χ2v) is 9.11. The Labute approximate surface area is 221 Å². The lowest BCUT2D eigenvalue weighted by atomic mass is 10.0. The van der Waals surface area contributed by atoms with Crippen LogP contribution in [0, 0.1) is 0 Å². The first kappa shape index (κ1) is 26.9. The molecule has 0 bridgehead atoms. The van der Waals surface area contributed by atoms with Gasteiger partial charge in [-0.25, -0.2) is 20.0 Å². The van der Waals surface area contributed by atoms with Crippen LogP contribution in [0.4, 0.5) is 5.69 Å². The number of rotatable bonds is 8. The van der Waals surface area contributed by atoms with Crippen molar-refractivity contribution in [3.05, 3.63) is 47.6 Å². The quantitative estimate of drug-likeness (QED) is 0.510. The fourth-order valence-corrected chi connectivity index (χ4v) is 4.62. The van der Waals surface area contributed by atoms with E-state index in [0.29, 0.717) is 48.8 Å². The van der Waals surface area contributed by atoms with Gasteiger partial charge >= 0.3 is 0 Å². The van der Waals surface area contributed by atoms with Crippen molar-refractivity contribution in [2.75, 3.05) is 26.7 Å². The van der Waals surface area contributed by atoms with Crippen molar-refractivity contribution in [2.45, 2.75) is 45.6 Å². The highest BCUT2D eigenvalue weighted by atomic mass is 16.7. The van der Waals surface area contributed by atoms with Gasteiger partial charge in [0.15, 0.2) is 0 Å². The van der Waals surface area contributed by atoms with Crippen molar-refractivity contribution in [2.24, 2.45) is 10.7 Å². The van der Waals surface area contributed by atoms with Crippen LogP contribution in [0.25, 0.3) is 17.2 Å². The van der Waals surface area contributed by atoms with E-state index in [1.54, 1.807) is 25.5 Å². The summed E-state index contributed by atoms with van der Waals surface area (Å²) in [5.74, 6) is -0.421. The zero-order chi connectivity index (χ0) is 27.2. The third-order valence-corrected chi connectivity index (χ3v) is 6.45. The van der Waals surface area contributed by atoms with Gasteiger partial charge in [-0.1, -0.05) is 19.1 Å². The van der Waals surface area contributed by atoms with Gasteiger partial charge in [0.1, 0.15) is 11.9 Å². The number of likely N-dealkylation sites (tertiary alicyclic amines) is 1. The zero-order valence-corrected chi connectivity index (χ0v) is 21.9. The number of fused-ring (bicyclic) bond motifs is 1. The Kier molecular flexibility index (Phi) is 8.47. The molecule has 2 aliphatic rings. The molecule has 0 unspecified atom stereocenters. The van der Waals surface area contributed by atoms with Crippen LogP contribution in [0.3, 0.4) is 0 Å². The van der Waals surface area contributed by atoms with Crippen LogP contribution in [0.1, 0.15) is 55.7 Å². The van der Waals surface area contributed by atoms with Crippen LogP contribution in [0.15, 0.2) is 41.2 Å². The summed E-state index contributed by atoms with van der Waals surface area (Å²) in [5, 5.41) is 3.98. The van der Waals surface area contributed by atoms with Gasteiger partial charge in [0.05, 0.1) is 12.3 Å². The van der Waals surface area contributed by atoms with Crippen LogP contribution in [0.2, 0.25) is 0 Å². The van der Waals surface area contributed by atoms with E-state index in [0.717, 1.165) is 24.0 Å². The second kappa shape index (κ2) is 12.0. The van der Waals surface area contributed by atoms with Crippen LogP contribution in [-0.4, -0.2) is 76.3 Å². The number of carbonyl (C=O) groups excluding carboxylic acids is 3. The van der Waals surface area contributed by atoms with Gasteiger partial charge in [-0.2, -0.15) is 0 Å². The van der Waals surface area contributed by atoms with Crippen LogP contribution in [-0.2, 0) is 14.4 Å². The number of hydroxylamine groups is 2. The first-order valence-corrected chi connectivity index (χ1v) is 12.8. The van der Waals surface area contributed by atoms with Gasteiger partial charge in [0, 0.05) is 55.7 Å². The van der Waals surface area contributed by atoms with E-state index >= 15 is 0 Å². The fraction of sp³-hybridized carbons (Fsp3) is 0.407. The van der Waals surface area contributed by atoms with Gasteiger partial charge in [0.2, 0.25) is 11.7 Å². The molecule has 3 amide bonds. The standard InChI is InChI=1S/C27H33N7O4/c1-4-10-34(38-5-2)26(36)19-12-18-9-8-17(13-21(18)32-23(28)14-19)20-15-30-24(31-16-20)27(37)33-11-6-7-22(33)25(35)29-3/h8-9,12-13,15-16,22H,4-7,10-11,14H2,1-3H3,(H2,28,32)(H,29,35)/t22-/m0/s1. The Hall–Kier alpha value is -4.12. The molecule has 2 aromatic rings. The third-order valence-electron chi connectivity index (χ3n) is 6.45. The molecular weight excluding hydrogens is 486 g/mol. The lowest BCUT2D eigenvalue weighted by molar-refractivity contribution is -0.180. The zero-order valence-electron chi connectivity index (χ0n) is 21.9. The SMILES string of the molecule is CCCN(OCC)C(=O)C1=Cc2ccc(-c3cnc(C(=O)N4CCC[C@H]4C(=O)NC)nc3)cc2N=C(N)C1. The highest BCUT2D eigenvalue weighted by Gasteiger charge is 2.35. The fourth-order valence-electron chi connectivity index (χ4n) is 4.62. The number of carbonyl (C=O) groups is 3. The number of hydrogen-bond donors (Lipinski definition) is 2. The molecule has 3 heterocycles. The Morgan fingerprint density at radius 3 is 2.63 bits per heavy atom. The molecule has 0 spiro atoms. The number of amidine groups is 1. The number of nitrogens with two attached hydrogens (primary N) is 1. The number of nitrogens with one attached hydrogen (secondary N) is 1. The molecule has 2 aliphatic heterocycles. The van der Waals surface area contributed by atoms with E-state index in [-0.39, 0.29) is 30.0 Å². The van der Waals surface area contributed by atoms with Crippen molar-refractivity contribution >= 4 is 35.3 Å². The van der Waals surface area contributed by atoms with Gasteiger partial charge in [0.25, 0.3) is 11.8 Å². The largest absolute Gasteiger partial charge is 0.387 e. The number of likely N-dealkylation sites (N-methyl/N-ethyl adjacent to an activating group) is 1. The molecule has 1 fully saturated rings. The van der Waals surface area contributed by atoms with Crippen molar-refractivity contribution in [3.8, 4) is 11.1 Å². The van der Waals surface area contributed by atoms with E-state index in [4.69, 9.17) is 10.6 Å². The average molecular weight is 520 g/mol. The molecule has 1 aromatic heterocycles. The smallest absolute Gasteiger partial charge is 0.292 e. The number of hydrogen-bond acceptors (Lipinski definition) is 8. The molecule has 0 saturated carbocycles. The normalized spacial score (nSPS) is 16.7. The number of nitrogens with zero attached hydrogens (tertiary/aromatic N) is 5. The maximum Gasteiger partial charge on any atom is 0.292 e. The van der Waals surface area contributed by atoms with Crippen LogP contribution >= 0.6 is 0 Å². The van der Waals surface area contributed by atoms with E-state index in [1.807, 2.05) is 32.0 Å². The summed E-state index contributed by atoms with van der Waals surface area (Å²) in [4.78, 5) is 58.3. The Morgan fingerprint density at radius 1 is 1.18 bits per heavy atom. The van der Waals surface area contributed by atoms with E-state index < -0.39 is 6.04 Å². The monoisotopic (exact) mass is 519 g/mol. The lowest BCUT2D eigenvalue weighted by Gasteiger charge is -2.22. The van der Waals surface area contributed by atoms with Crippen LogP contribution < -0.4 is 11.1 Å². The van der Waals surface area contributed by atoms with Gasteiger partial charge in [-0.3, -0.25) is 19.2 Å². The molecular formula is C27H33N7O4. The Balaban J connectivity index is 1.56. The number of amides is 3. The molecule has 3 N–H and O–H groups in total. The summed E-state index contributed by atoms with van der Waals surface area (Å²) in [6.07, 6.45) is 7.30. The Morgan fingerprint density at radius 2 is 1.95 bits per heavy atom. The Bertz CT molecular complexity index is 1270.